The minimum absolute atomic E-state index is 0.0263. The van der Waals surface area contributed by atoms with E-state index < -0.39 is 35.6 Å². The van der Waals surface area contributed by atoms with Gasteiger partial charge < -0.3 is 40.7 Å². The smallest absolute Gasteiger partial charge is 0.262 e. The molecule has 4 saturated heterocycles. The van der Waals surface area contributed by atoms with Crippen molar-refractivity contribution in [1.29, 1.82) is 5.41 Å². The van der Waals surface area contributed by atoms with Gasteiger partial charge in [-0.25, -0.2) is 0 Å². The largest absolute Gasteiger partial charge is 0.457 e. The Balaban J connectivity index is 0.704. The van der Waals surface area contributed by atoms with Gasteiger partial charge in [0.1, 0.15) is 28.9 Å². The van der Waals surface area contributed by atoms with Gasteiger partial charge in [0.2, 0.25) is 17.7 Å². The third kappa shape index (κ3) is 10.3. The molecule has 4 aromatic carbocycles. The second kappa shape index (κ2) is 20.4. The summed E-state index contributed by atoms with van der Waals surface area (Å²) in [5, 5.41) is 18.0. The van der Waals surface area contributed by atoms with E-state index in [1.807, 2.05) is 48.3 Å². The second-order valence-electron chi connectivity index (χ2n) is 18.4. The van der Waals surface area contributed by atoms with Crippen LogP contribution >= 0.6 is 0 Å². The standard InChI is InChI=1S/C52H58N10O7/c1-58(32-33-7-11-36(12-8-33)59-27-29-60(30-28-59)37-13-16-40-41(31-37)52(68)62(51(40)67)43-17-18-44(63)57-50(43)66)24-22-45(64)61-25-20-34(21-26-61)42-19-23-55-49(56-42)46(48(54)65)47(53)35-9-14-39(15-10-35)69-38-5-3-2-4-6-38/h2-16,31,34,42-43,53,55-56H,17-30,32H2,1H3,(H2,54,65)(H,57,63,66)/b49-46+,53-47?/t42-,43?/m0/s1. The van der Waals surface area contributed by atoms with Gasteiger partial charge >= 0.3 is 0 Å². The number of carbonyl (C=O) groups is 6. The highest BCUT2D eigenvalue weighted by molar-refractivity contribution is 6.27. The van der Waals surface area contributed by atoms with Crippen LogP contribution < -0.4 is 36.2 Å². The van der Waals surface area contributed by atoms with Crippen molar-refractivity contribution in [2.24, 2.45) is 11.7 Å². The van der Waals surface area contributed by atoms with Crippen LogP contribution in [0.25, 0.3) is 0 Å². The number of imide groups is 2. The molecule has 17 nitrogen and oxygen atoms in total. The van der Waals surface area contributed by atoms with Gasteiger partial charge in [-0.3, -0.25) is 44.4 Å². The summed E-state index contributed by atoms with van der Waals surface area (Å²) in [4.78, 5) is 86.5. The van der Waals surface area contributed by atoms with E-state index >= 15 is 0 Å². The summed E-state index contributed by atoms with van der Waals surface area (Å²) >= 11 is 0. The van der Waals surface area contributed by atoms with Crippen molar-refractivity contribution < 1.29 is 33.5 Å². The van der Waals surface area contributed by atoms with Gasteiger partial charge in [-0.05, 0) is 111 Å². The molecule has 0 aliphatic carbocycles. The number of carbonyl (C=O) groups excluding carboxylic acids is 6. The topological polar surface area (TPSA) is 214 Å². The molecule has 2 atom stereocenters. The molecule has 358 valence electrons. The highest BCUT2D eigenvalue weighted by atomic mass is 16.5. The number of anilines is 2. The van der Waals surface area contributed by atoms with Gasteiger partial charge in [0.25, 0.3) is 17.7 Å². The summed E-state index contributed by atoms with van der Waals surface area (Å²) < 4.78 is 5.89. The molecule has 0 bridgehead atoms. The number of primary amides is 1. The van der Waals surface area contributed by atoms with Crippen LogP contribution in [0.4, 0.5) is 11.4 Å². The fourth-order valence-electron chi connectivity index (χ4n) is 10.1. The molecule has 1 unspecified atom stereocenters. The normalized spacial score (nSPS) is 20.6. The molecule has 5 heterocycles. The molecule has 5 aliphatic heterocycles. The number of fused-ring (bicyclic) bond motifs is 1. The average Bonchev–Trinajstić information content (AvgIpc) is 3.61. The lowest BCUT2D eigenvalue weighted by Gasteiger charge is -2.40. The second-order valence-corrected chi connectivity index (χ2v) is 18.4. The van der Waals surface area contributed by atoms with Crippen molar-refractivity contribution in [1.82, 2.24) is 30.7 Å². The minimum atomic E-state index is -0.993. The molecule has 69 heavy (non-hydrogen) atoms. The molecule has 4 aromatic rings. The molecule has 0 aromatic heterocycles. The summed E-state index contributed by atoms with van der Waals surface area (Å²) in [6, 6.07) is 29.3. The van der Waals surface area contributed by atoms with Crippen LogP contribution in [0.1, 0.15) is 70.4 Å². The lowest BCUT2D eigenvalue weighted by atomic mass is 9.86. The number of piperazine rings is 1. The van der Waals surface area contributed by atoms with Crippen molar-refractivity contribution in [3.05, 3.63) is 131 Å². The first-order valence-corrected chi connectivity index (χ1v) is 23.8. The fourth-order valence-corrected chi connectivity index (χ4v) is 10.1. The predicted molar refractivity (Wildman–Crippen MR) is 260 cm³/mol. The maximum absolute atomic E-state index is 13.4. The molecule has 0 spiro atoms. The molecule has 6 N–H and O–H groups in total. The summed E-state index contributed by atoms with van der Waals surface area (Å²) in [5.41, 5.74) is 10.2. The first-order valence-electron chi connectivity index (χ1n) is 23.8. The Morgan fingerprint density at radius 2 is 1.42 bits per heavy atom. The van der Waals surface area contributed by atoms with E-state index in [-0.39, 0.29) is 47.2 Å². The third-order valence-electron chi connectivity index (χ3n) is 13.9. The van der Waals surface area contributed by atoms with Gasteiger partial charge in [0.15, 0.2) is 0 Å². The number of benzene rings is 4. The van der Waals surface area contributed by atoms with Crippen LogP contribution in [-0.2, 0) is 25.7 Å². The number of nitrogens with zero attached hydrogens (tertiary/aromatic N) is 5. The zero-order valence-corrected chi connectivity index (χ0v) is 38.7. The molecule has 0 saturated carbocycles. The van der Waals surface area contributed by atoms with E-state index in [1.165, 1.54) is 0 Å². The van der Waals surface area contributed by atoms with Gasteiger partial charge in [-0.1, -0.05) is 30.3 Å². The SMILES string of the molecule is CN(CCC(=O)N1CCC([C@@H]2CCN/C(=C(/C(=N)c3ccc(Oc4ccccc4)cc3)C(N)=O)N2)CC1)Cc1ccc(N2CCN(c3ccc4c(c3)C(=O)N(C3CCC(=O)NC3=O)C4=O)CC2)cc1. The Morgan fingerprint density at radius 3 is 2.10 bits per heavy atom. The predicted octanol–water partition coefficient (Wildman–Crippen LogP) is 3.98. The summed E-state index contributed by atoms with van der Waals surface area (Å²) in [7, 11) is 2.03. The maximum atomic E-state index is 13.4. The number of amides is 6. The molecule has 9 rings (SSSR count). The van der Waals surface area contributed by atoms with Crippen LogP contribution in [-0.4, -0.2) is 127 Å². The Bertz CT molecular complexity index is 2660. The number of likely N-dealkylation sites (tertiary alicyclic amines) is 1. The number of rotatable bonds is 14. The molecule has 5 aliphatic rings. The Kier molecular flexibility index (Phi) is 13.7. The number of nitrogens with two attached hydrogens (primary N) is 1. The van der Waals surface area contributed by atoms with E-state index in [4.69, 9.17) is 15.9 Å². The lowest BCUT2D eigenvalue weighted by molar-refractivity contribution is -0.136. The number of nitrogens with one attached hydrogen (secondary N) is 4. The molecule has 4 fully saturated rings. The van der Waals surface area contributed by atoms with E-state index in [1.54, 1.807) is 36.4 Å². The van der Waals surface area contributed by atoms with Gasteiger partial charge in [-0.2, -0.15) is 0 Å². The number of para-hydroxylation sites is 1. The van der Waals surface area contributed by atoms with E-state index in [2.05, 4.69) is 54.9 Å². The third-order valence-corrected chi connectivity index (χ3v) is 13.9. The zero-order valence-electron chi connectivity index (χ0n) is 38.7. The van der Waals surface area contributed by atoms with E-state index in [0.717, 1.165) is 67.3 Å². The Labute approximate surface area is 401 Å². The van der Waals surface area contributed by atoms with Gasteiger partial charge in [0, 0.05) is 94.7 Å². The van der Waals surface area contributed by atoms with Crippen LogP contribution in [0.15, 0.2) is 108 Å². The van der Waals surface area contributed by atoms with Gasteiger partial charge in [0.05, 0.1) is 16.8 Å². The van der Waals surface area contributed by atoms with Crippen molar-refractivity contribution >= 4 is 52.5 Å². The van der Waals surface area contributed by atoms with Crippen molar-refractivity contribution in [3.63, 3.8) is 0 Å². The van der Waals surface area contributed by atoms with Crippen molar-refractivity contribution in [2.45, 2.75) is 57.2 Å². The molecule has 6 amide bonds. The maximum Gasteiger partial charge on any atom is 0.262 e. The first kappa shape index (κ1) is 46.6. The molecular weight excluding hydrogens is 877 g/mol. The summed E-state index contributed by atoms with van der Waals surface area (Å²) in [6.45, 7) is 6.28. The van der Waals surface area contributed by atoms with Gasteiger partial charge in [-0.15, -0.1) is 0 Å². The lowest BCUT2D eigenvalue weighted by Crippen LogP contribution is -2.54. The van der Waals surface area contributed by atoms with E-state index in [9.17, 15) is 28.8 Å². The van der Waals surface area contributed by atoms with Crippen LogP contribution in [0, 0.1) is 11.3 Å². The van der Waals surface area contributed by atoms with Crippen LogP contribution in [0.3, 0.4) is 0 Å². The highest BCUT2D eigenvalue weighted by Crippen LogP contribution is 2.32. The number of ether oxygens (including phenoxy) is 1. The fraction of sp³-hybridized carbons (Fsp3) is 0.365. The van der Waals surface area contributed by atoms with Crippen molar-refractivity contribution in [2.75, 3.05) is 69.2 Å². The van der Waals surface area contributed by atoms with Crippen LogP contribution in [0.2, 0.25) is 0 Å². The Morgan fingerprint density at radius 1 is 0.768 bits per heavy atom. The summed E-state index contributed by atoms with van der Waals surface area (Å²) in [6.07, 6.45) is 3.15. The quantitative estimate of drug-likeness (QED) is 0.0691. The minimum Gasteiger partial charge on any atom is -0.457 e. The summed E-state index contributed by atoms with van der Waals surface area (Å²) in [5.74, 6) is -0.495. The first-order chi connectivity index (χ1) is 33.4. The number of hydrogen-bond acceptors (Lipinski definition) is 13. The Hall–Kier alpha value is -7.53. The molecule has 17 heteroatoms. The molecular formula is C52H58N10O7. The molecule has 0 radical (unpaired) electrons. The van der Waals surface area contributed by atoms with Crippen molar-refractivity contribution in [3.8, 4) is 11.5 Å². The number of piperidine rings is 2. The monoisotopic (exact) mass is 934 g/mol. The number of hydrogen-bond donors (Lipinski definition) is 5. The average molecular weight is 935 g/mol. The van der Waals surface area contributed by atoms with E-state index in [0.29, 0.717) is 67.9 Å². The van der Waals surface area contributed by atoms with Crippen LogP contribution in [0.5, 0.6) is 11.5 Å². The highest BCUT2D eigenvalue weighted by Gasteiger charge is 2.45. The zero-order chi connectivity index (χ0) is 48.2.